The first-order chi connectivity index (χ1) is 7.63. The molecule has 16 heavy (non-hydrogen) atoms. The average molecular weight is 222 g/mol. The van der Waals surface area contributed by atoms with Crippen LogP contribution < -0.4 is 10.6 Å². The van der Waals surface area contributed by atoms with Crippen molar-refractivity contribution >= 4 is 17.7 Å². The monoisotopic (exact) mass is 222 g/mol. The maximum absolute atomic E-state index is 11.3. The van der Waals surface area contributed by atoms with Crippen molar-refractivity contribution in [1.29, 1.82) is 0 Å². The molecule has 1 unspecified atom stereocenters. The summed E-state index contributed by atoms with van der Waals surface area (Å²) in [4.78, 5) is 33.4. The smallest absolute Gasteiger partial charge is 0.249 e. The Kier molecular flexibility index (Phi) is 4.44. The number of piperidine rings is 1. The Balaban J connectivity index is 2.45. The Morgan fingerprint density at radius 3 is 2.81 bits per heavy atom. The molecule has 0 aromatic carbocycles. The summed E-state index contributed by atoms with van der Waals surface area (Å²) in [5.41, 5.74) is 0. The summed E-state index contributed by atoms with van der Waals surface area (Å²) in [6.07, 6.45) is 7.04. The maximum Gasteiger partial charge on any atom is 0.249 e. The fraction of sp³-hybridized carbons (Fsp3) is 0.364. The van der Waals surface area contributed by atoms with Gasteiger partial charge in [0.05, 0.1) is 0 Å². The van der Waals surface area contributed by atoms with E-state index < -0.39 is 11.9 Å². The quantitative estimate of drug-likeness (QED) is 0.402. The minimum absolute atomic E-state index is 0.259. The predicted molar refractivity (Wildman–Crippen MR) is 58.3 cm³/mol. The van der Waals surface area contributed by atoms with E-state index in [1.807, 2.05) is 6.92 Å². The summed E-state index contributed by atoms with van der Waals surface area (Å²) < 4.78 is 0. The van der Waals surface area contributed by atoms with Gasteiger partial charge in [-0.15, -0.1) is 0 Å². The topological polar surface area (TPSA) is 75.3 Å². The van der Waals surface area contributed by atoms with Crippen LogP contribution in [-0.4, -0.2) is 23.8 Å². The van der Waals surface area contributed by atoms with E-state index in [9.17, 15) is 14.4 Å². The van der Waals surface area contributed by atoms with Gasteiger partial charge in [-0.2, -0.15) is 0 Å². The number of nitrogens with one attached hydrogen (secondary N) is 2. The summed E-state index contributed by atoms with van der Waals surface area (Å²) in [5, 5.41) is 4.70. The highest BCUT2D eigenvalue weighted by Crippen LogP contribution is 2.03. The standard InChI is InChI=1S/C11H14N2O3/c1-2-3-4-5-9(14)12-8-6-7-10(15)13-11(8)16/h2-5,8H,6-7H2,1H3,(H,12,14)(H,13,15,16)/b3-2+,5-4+. The van der Waals surface area contributed by atoms with Crippen molar-refractivity contribution in [2.45, 2.75) is 25.8 Å². The van der Waals surface area contributed by atoms with Gasteiger partial charge in [0.1, 0.15) is 6.04 Å². The number of rotatable bonds is 3. The molecule has 1 atom stereocenters. The lowest BCUT2D eigenvalue weighted by Gasteiger charge is -2.20. The molecule has 86 valence electrons. The number of amides is 3. The van der Waals surface area contributed by atoms with E-state index in [0.717, 1.165) is 0 Å². The number of allylic oxidation sites excluding steroid dienone is 3. The van der Waals surface area contributed by atoms with Crippen molar-refractivity contribution in [3.8, 4) is 0 Å². The first-order valence-corrected chi connectivity index (χ1v) is 5.07. The van der Waals surface area contributed by atoms with E-state index in [4.69, 9.17) is 0 Å². The molecule has 0 saturated carbocycles. The van der Waals surface area contributed by atoms with Crippen molar-refractivity contribution < 1.29 is 14.4 Å². The molecule has 0 bridgehead atoms. The molecule has 5 heteroatoms. The van der Waals surface area contributed by atoms with E-state index in [1.54, 1.807) is 18.2 Å². The van der Waals surface area contributed by atoms with Gasteiger partial charge in [0.15, 0.2) is 0 Å². The van der Waals surface area contributed by atoms with Gasteiger partial charge in [0, 0.05) is 12.5 Å². The zero-order valence-electron chi connectivity index (χ0n) is 9.03. The predicted octanol–water partition coefficient (Wildman–Crippen LogP) is 0.0401. The van der Waals surface area contributed by atoms with Gasteiger partial charge >= 0.3 is 0 Å². The van der Waals surface area contributed by atoms with Crippen LogP contribution in [0.4, 0.5) is 0 Å². The van der Waals surface area contributed by atoms with Crippen molar-refractivity contribution in [3.05, 3.63) is 24.3 Å². The molecule has 0 aromatic rings. The minimum atomic E-state index is -0.611. The van der Waals surface area contributed by atoms with Crippen LogP contribution in [0.15, 0.2) is 24.3 Å². The van der Waals surface area contributed by atoms with Crippen LogP contribution in [0, 0.1) is 0 Å². The second kappa shape index (κ2) is 5.85. The van der Waals surface area contributed by atoms with Crippen LogP contribution in [0.2, 0.25) is 0 Å². The van der Waals surface area contributed by atoms with Gasteiger partial charge in [-0.05, 0) is 13.3 Å². The highest BCUT2D eigenvalue weighted by Gasteiger charge is 2.26. The van der Waals surface area contributed by atoms with E-state index >= 15 is 0 Å². The zero-order chi connectivity index (χ0) is 12.0. The van der Waals surface area contributed by atoms with Gasteiger partial charge in [-0.3, -0.25) is 19.7 Å². The Labute approximate surface area is 93.6 Å². The van der Waals surface area contributed by atoms with Crippen molar-refractivity contribution in [3.63, 3.8) is 0 Å². The normalized spacial score (nSPS) is 21.4. The van der Waals surface area contributed by atoms with E-state index in [0.29, 0.717) is 6.42 Å². The summed E-state index contributed by atoms with van der Waals surface area (Å²) in [6, 6.07) is -0.611. The van der Waals surface area contributed by atoms with Crippen LogP contribution >= 0.6 is 0 Å². The van der Waals surface area contributed by atoms with Gasteiger partial charge in [-0.1, -0.05) is 18.2 Å². The Hall–Kier alpha value is -1.91. The van der Waals surface area contributed by atoms with Crippen LogP contribution in [0.1, 0.15) is 19.8 Å². The molecule has 1 heterocycles. The summed E-state index contributed by atoms with van der Waals surface area (Å²) in [6.45, 7) is 1.84. The van der Waals surface area contributed by atoms with E-state index in [-0.39, 0.29) is 18.2 Å². The molecule has 1 fully saturated rings. The second-order valence-electron chi connectivity index (χ2n) is 3.40. The largest absolute Gasteiger partial charge is 0.341 e. The van der Waals surface area contributed by atoms with Crippen molar-refractivity contribution in [2.75, 3.05) is 0 Å². The molecule has 0 aromatic heterocycles. The molecule has 0 aliphatic carbocycles. The third-order valence-corrected chi connectivity index (χ3v) is 2.11. The average Bonchev–Trinajstić information content (AvgIpc) is 2.23. The third kappa shape index (κ3) is 3.68. The van der Waals surface area contributed by atoms with E-state index in [2.05, 4.69) is 10.6 Å². The molecule has 3 amide bonds. The lowest BCUT2D eigenvalue weighted by atomic mass is 10.1. The van der Waals surface area contributed by atoms with Crippen LogP contribution in [0.25, 0.3) is 0 Å². The van der Waals surface area contributed by atoms with E-state index in [1.165, 1.54) is 6.08 Å². The van der Waals surface area contributed by atoms with Gasteiger partial charge in [0.2, 0.25) is 17.7 Å². The molecule has 1 aliphatic heterocycles. The molecule has 0 radical (unpaired) electrons. The van der Waals surface area contributed by atoms with Crippen LogP contribution in [0.3, 0.4) is 0 Å². The number of imide groups is 1. The lowest BCUT2D eigenvalue weighted by molar-refractivity contribution is -0.136. The van der Waals surface area contributed by atoms with Gasteiger partial charge in [0.25, 0.3) is 0 Å². The molecular formula is C11H14N2O3. The van der Waals surface area contributed by atoms with Crippen molar-refractivity contribution in [2.24, 2.45) is 0 Å². The summed E-state index contributed by atoms with van der Waals surface area (Å²) >= 11 is 0. The summed E-state index contributed by atoms with van der Waals surface area (Å²) in [5.74, 6) is -1.07. The maximum atomic E-state index is 11.3. The third-order valence-electron chi connectivity index (χ3n) is 2.11. The molecule has 1 saturated heterocycles. The first-order valence-electron chi connectivity index (χ1n) is 5.07. The summed E-state index contributed by atoms with van der Waals surface area (Å²) in [7, 11) is 0. The number of hydrogen-bond acceptors (Lipinski definition) is 3. The zero-order valence-corrected chi connectivity index (χ0v) is 9.03. The molecule has 0 spiro atoms. The molecule has 2 N–H and O–H groups in total. The van der Waals surface area contributed by atoms with Gasteiger partial charge in [-0.25, -0.2) is 0 Å². The Bertz CT molecular complexity index is 358. The van der Waals surface area contributed by atoms with Crippen molar-refractivity contribution in [1.82, 2.24) is 10.6 Å². The number of carbonyl (C=O) groups excluding carboxylic acids is 3. The number of hydrogen-bond donors (Lipinski definition) is 2. The minimum Gasteiger partial charge on any atom is -0.341 e. The SMILES string of the molecule is C/C=C/C=C/C(=O)NC1CCC(=O)NC1=O. The fourth-order valence-electron chi connectivity index (χ4n) is 1.31. The highest BCUT2D eigenvalue weighted by atomic mass is 16.2. The molecular weight excluding hydrogens is 208 g/mol. The Morgan fingerprint density at radius 1 is 1.44 bits per heavy atom. The second-order valence-corrected chi connectivity index (χ2v) is 3.40. The van der Waals surface area contributed by atoms with Crippen LogP contribution in [-0.2, 0) is 14.4 Å². The fourth-order valence-corrected chi connectivity index (χ4v) is 1.31. The first kappa shape index (κ1) is 12.2. The molecule has 5 nitrogen and oxygen atoms in total. The highest BCUT2D eigenvalue weighted by molar-refractivity contribution is 6.02. The number of carbonyl (C=O) groups is 3. The van der Waals surface area contributed by atoms with Gasteiger partial charge < -0.3 is 5.32 Å². The molecule has 1 aliphatic rings. The van der Waals surface area contributed by atoms with Crippen LogP contribution in [0.5, 0.6) is 0 Å². The lowest BCUT2D eigenvalue weighted by Crippen LogP contribution is -2.51. The molecule has 1 rings (SSSR count). The Morgan fingerprint density at radius 2 is 2.19 bits per heavy atom.